The quantitative estimate of drug-likeness (QED) is 0.867. The minimum Gasteiger partial charge on any atom is -0.377 e. The molecule has 3 N–H and O–H groups in total. The van der Waals surface area contributed by atoms with Crippen LogP contribution in [0.5, 0.6) is 0 Å². The van der Waals surface area contributed by atoms with Crippen molar-refractivity contribution in [1.82, 2.24) is 14.8 Å². The first-order valence-electron chi connectivity index (χ1n) is 5.28. The summed E-state index contributed by atoms with van der Waals surface area (Å²) in [5, 5.41) is 7.17. The molecule has 0 aliphatic carbocycles. The molecule has 2 heterocycles. The number of amides is 1. The molecule has 0 saturated carbocycles. The van der Waals surface area contributed by atoms with Crippen molar-refractivity contribution in [1.29, 1.82) is 0 Å². The Bertz CT molecular complexity index is 537. The van der Waals surface area contributed by atoms with E-state index in [1.165, 1.54) is 4.68 Å². The van der Waals surface area contributed by atoms with Crippen LogP contribution in [0.4, 0.5) is 5.69 Å². The summed E-state index contributed by atoms with van der Waals surface area (Å²) in [6, 6.07) is 3.85. The second kappa shape index (κ2) is 5.63. The predicted molar refractivity (Wildman–Crippen MR) is 70.7 cm³/mol. The summed E-state index contributed by atoms with van der Waals surface area (Å²) in [6.07, 6.45) is 5.11. The lowest BCUT2D eigenvalue weighted by molar-refractivity contribution is -0.118. The molecule has 6 nitrogen and oxygen atoms in total. The van der Waals surface area contributed by atoms with Crippen LogP contribution < -0.4 is 11.1 Å². The van der Waals surface area contributed by atoms with E-state index in [9.17, 15) is 4.79 Å². The zero-order valence-electron chi connectivity index (χ0n) is 9.51. The molecule has 0 atom stereocenters. The number of carbonyl (C=O) groups is 1. The van der Waals surface area contributed by atoms with E-state index in [-0.39, 0.29) is 6.54 Å². The Hall–Kier alpha value is -1.89. The van der Waals surface area contributed by atoms with Crippen molar-refractivity contribution in [2.24, 2.45) is 5.73 Å². The number of nitrogens with two attached hydrogens (primary N) is 1. The third-order valence-corrected chi connectivity index (χ3v) is 2.68. The van der Waals surface area contributed by atoms with Gasteiger partial charge in [-0.25, -0.2) is 0 Å². The van der Waals surface area contributed by atoms with Crippen LogP contribution in [0.1, 0.15) is 5.69 Å². The van der Waals surface area contributed by atoms with Gasteiger partial charge in [-0.3, -0.25) is 14.5 Å². The SMILES string of the molecule is NC(=O)Cn1cc(NCc2ccc(Br)cn2)cn1. The molecule has 7 heteroatoms. The summed E-state index contributed by atoms with van der Waals surface area (Å²) < 4.78 is 2.43. The lowest BCUT2D eigenvalue weighted by atomic mass is 10.3. The molecular formula is C11H12BrN5O. The van der Waals surface area contributed by atoms with Crippen LogP contribution in [0, 0.1) is 0 Å². The van der Waals surface area contributed by atoms with Gasteiger partial charge in [0.15, 0.2) is 0 Å². The molecule has 0 spiro atoms. The number of nitrogens with one attached hydrogen (secondary N) is 1. The van der Waals surface area contributed by atoms with Crippen molar-refractivity contribution in [2.45, 2.75) is 13.1 Å². The Labute approximate surface area is 112 Å². The molecule has 0 aromatic carbocycles. The van der Waals surface area contributed by atoms with Gasteiger partial charge in [0.05, 0.1) is 24.1 Å². The summed E-state index contributed by atoms with van der Waals surface area (Å²) in [4.78, 5) is 15.0. The molecular weight excluding hydrogens is 298 g/mol. The molecule has 0 radical (unpaired) electrons. The third kappa shape index (κ3) is 3.56. The van der Waals surface area contributed by atoms with E-state index in [2.05, 4.69) is 31.3 Å². The fourth-order valence-corrected chi connectivity index (χ4v) is 1.64. The molecule has 0 saturated heterocycles. The first kappa shape index (κ1) is 12.6. The van der Waals surface area contributed by atoms with Gasteiger partial charge in [0.2, 0.25) is 5.91 Å². The second-order valence-electron chi connectivity index (χ2n) is 3.71. The number of pyridine rings is 1. The summed E-state index contributed by atoms with van der Waals surface area (Å²) in [5.41, 5.74) is 6.82. The third-order valence-electron chi connectivity index (χ3n) is 2.21. The van der Waals surface area contributed by atoms with Crippen LogP contribution in [-0.4, -0.2) is 20.7 Å². The minimum absolute atomic E-state index is 0.0816. The van der Waals surface area contributed by atoms with Gasteiger partial charge in [-0.1, -0.05) is 0 Å². The number of nitrogens with zero attached hydrogens (tertiary/aromatic N) is 3. The molecule has 18 heavy (non-hydrogen) atoms. The highest BCUT2D eigenvalue weighted by molar-refractivity contribution is 9.10. The molecule has 0 aliphatic rings. The Morgan fingerprint density at radius 1 is 1.44 bits per heavy atom. The summed E-state index contributed by atoms with van der Waals surface area (Å²) >= 11 is 3.33. The van der Waals surface area contributed by atoms with Crippen LogP contribution in [0.25, 0.3) is 0 Å². The van der Waals surface area contributed by atoms with Gasteiger partial charge >= 0.3 is 0 Å². The van der Waals surface area contributed by atoms with E-state index in [4.69, 9.17) is 5.73 Å². The molecule has 2 rings (SSSR count). The molecule has 2 aromatic heterocycles. The standard InChI is InChI=1S/C11H12BrN5O/c12-8-1-2-9(14-3-8)4-15-10-5-16-17(6-10)7-11(13)18/h1-3,5-6,15H,4,7H2,(H2,13,18). The van der Waals surface area contributed by atoms with Crippen molar-refractivity contribution in [3.8, 4) is 0 Å². The fourth-order valence-electron chi connectivity index (χ4n) is 1.40. The van der Waals surface area contributed by atoms with Crippen LogP contribution in [0.15, 0.2) is 35.2 Å². The normalized spacial score (nSPS) is 10.3. The molecule has 2 aromatic rings. The number of carbonyl (C=O) groups excluding carboxylic acids is 1. The van der Waals surface area contributed by atoms with E-state index in [1.807, 2.05) is 12.1 Å². The van der Waals surface area contributed by atoms with E-state index in [1.54, 1.807) is 18.6 Å². The second-order valence-corrected chi connectivity index (χ2v) is 4.63. The maximum absolute atomic E-state index is 10.7. The Kier molecular flexibility index (Phi) is 3.93. The first-order valence-corrected chi connectivity index (χ1v) is 6.08. The summed E-state index contributed by atoms with van der Waals surface area (Å²) in [6.45, 7) is 0.674. The van der Waals surface area contributed by atoms with Gasteiger partial charge in [0, 0.05) is 16.9 Å². The number of primary amides is 1. The highest BCUT2D eigenvalue weighted by atomic mass is 79.9. The average molecular weight is 310 g/mol. The number of aromatic nitrogens is 3. The number of hydrogen-bond donors (Lipinski definition) is 2. The van der Waals surface area contributed by atoms with E-state index in [0.717, 1.165) is 15.9 Å². The maximum Gasteiger partial charge on any atom is 0.239 e. The molecule has 94 valence electrons. The predicted octanol–water partition coefficient (Wildman–Crippen LogP) is 1.14. The molecule has 0 fully saturated rings. The summed E-state index contributed by atoms with van der Waals surface area (Å²) in [5.74, 6) is -0.417. The number of anilines is 1. The van der Waals surface area contributed by atoms with Gasteiger partial charge in [-0.15, -0.1) is 0 Å². The van der Waals surface area contributed by atoms with Gasteiger partial charge in [0.1, 0.15) is 6.54 Å². The zero-order valence-corrected chi connectivity index (χ0v) is 11.1. The monoisotopic (exact) mass is 309 g/mol. The van der Waals surface area contributed by atoms with Gasteiger partial charge in [-0.05, 0) is 28.1 Å². The van der Waals surface area contributed by atoms with Crippen LogP contribution in [0.2, 0.25) is 0 Å². The van der Waals surface area contributed by atoms with Crippen molar-refractivity contribution in [3.05, 3.63) is 40.9 Å². The first-order chi connectivity index (χ1) is 8.63. The highest BCUT2D eigenvalue weighted by Gasteiger charge is 2.01. The smallest absolute Gasteiger partial charge is 0.239 e. The lowest BCUT2D eigenvalue weighted by Gasteiger charge is -2.02. The van der Waals surface area contributed by atoms with Crippen LogP contribution in [-0.2, 0) is 17.9 Å². The van der Waals surface area contributed by atoms with Gasteiger partial charge in [0.25, 0.3) is 0 Å². The summed E-state index contributed by atoms with van der Waals surface area (Å²) in [7, 11) is 0. The Morgan fingerprint density at radius 2 is 2.28 bits per heavy atom. The maximum atomic E-state index is 10.7. The Morgan fingerprint density at radius 3 is 2.94 bits per heavy atom. The fraction of sp³-hybridized carbons (Fsp3) is 0.182. The van der Waals surface area contributed by atoms with Crippen LogP contribution in [0.3, 0.4) is 0 Å². The van der Waals surface area contributed by atoms with Gasteiger partial charge in [-0.2, -0.15) is 5.10 Å². The molecule has 0 bridgehead atoms. The van der Waals surface area contributed by atoms with E-state index in [0.29, 0.717) is 6.54 Å². The van der Waals surface area contributed by atoms with E-state index >= 15 is 0 Å². The van der Waals surface area contributed by atoms with Crippen molar-refractivity contribution < 1.29 is 4.79 Å². The lowest BCUT2D eigenvalue weighted by Crippen LogP contribution is -2.18. The largest absolute Gasteiger partial charge is 0.377 e. The van der Waals surface area contributed by atoms with Crippen molar-refractivity contribution in [2.75, 3.05) is 5.32 Å². The minimum atomic E-state index is -0.417. The molecule has 0 unspecified atom stereocenters. The topological polar surface area (TPSA) is 85.8 Å². The van der Waals surface area contributed by atoms with E-state index < -0.39 is 5.91 Å². The number of halogens is 1. The number of hydrogen-bond acceptors (Lipinski definition) is 4. The molecule has 1 amide bonds. The average Bonchev–Trinajstić information content (AvgIpc) is 2.75. The van der Waals surface area contributed by atoms with Crippen molar-refractivity contribution >= 4 is 27.5 Å². The van der Waals surface area contributed by atoms with Gasteiger partial charge < -0.3 is 11.1 Å². The Balaban J connectivity index is 1.92. The van der Waals surface area contributed by atoms with Crippen LogP contribution >= 0.6 is 15.9 Å². The number of rotatable bonds is 5. The highest BCUT2D eigenvalue weighted by Crippen LogP contribution is 2.10. The van der Waals surface area contributed by atoms with Crippen molar-refractivity contribution in [3.63, 3.8) is 0 Å². The zero-order chi connectivity index (χ0) is 13.0. The molecule has 0 aliphatic heterocycles.